The molecule has 1 atom stereocenters. The lowest BCUT2D eigenvalue weighted by molar-refractivity contribution is 0.588. The van der Waals surface area contributed by atoms with Gasteiger partial charge in [-0.25, -0.2) is 16.8 Å². The molecule has 0 amide bonds. The largest absolute Gasteiger partial charge is 0.223 e. The van der Waals surface area contributed by atoms with E-state index >= 15 is 0 Å². The maximum absolute atomic E-state index is 13.8. The van der Waals surface area contributed by atoms with Crippen LogP contribution in [0, 0.1) is 6.92 Å². The van der Waals surface area contributed by atoms with Crippen LogP contribution in [-0.2, 0) is 19.7 Å². The fourth-order valence-corrected chi connectivity index (χ4v) is 7.42. The second kappa shape index (κ2) is 7.43. The van der Waals surface area contributed by atoms with Crippen LogP contribution in [0.25, 0.3) is 11.1 Å². The molecule has 4 aromatic carbocycles. The van der Waals surface area contributed by atoms with Crippen molar-refractivity contribution in [2.45, 2.75) is 26.9 Å². The summed E-state index contributed by atoms with van der Waals surface area (Å²) in [5.74, 6) is 0. The highest BCUT2D eigenvalue weighted by atomic mass is 32.2. The monoisotopic (exact) mass is 460 g/mol. The van der Waals surface area contributed by atoms with Crippen molar-refractivity contribution in [2.24, 2.45) is 0 Å². The Labute approximate surface area is 188 Å². The molecule has 4 nitrogen and oxygen atoms in total. The summed E-state index contributed by atoms with van der Waals surface area (Å²) in [5, 5.41) is -0.970. The molecule has 0 aliphatic heterocycles. The van der Waals surface area contributed by atoms with Gasteiger partial charge in [0.05, 0.1) is 14.7 Å². The molecule has 1 aliphatic rings. The fraction of sp³-hybridized carbons (Fsp3) is 0.0769. The lowest BCUT2D eigenvalue weighted by Gasteiger charge is -2.16. The molecule has 0 heterocycles. The van der Waals surface area contributed by atoms with E-state index in [9.17, 15) is 16.8 Å². The Morgan fingerprint density at radius 1 is 0.562 bits per heavy atom. The Morgan fingerprint density at radius 3 is 1.88 bits per heavy atom. The van der Waals surface area contributed by atoms with Gasteiger partial charge in [0.15, 0.2) is 9.84 Å². The highest BCUT2D eigenvalue weighted by molar-refractivity contribution is 7.92. The SMILES string of the molecule is Cc1ccc(S(=O)(=O)C2c3ccccc3-c3ccc(S(=O)(=O)c4ccccc4)cc32)cc1. The average Bonchev–Trinajstić information content (AvgIpc) is 3.14. The molecule has 1 unspecified atom stereocenters. The van der Waals surface area contributed by atoms with Crippen LogP contribution in [0.1, 0.15) is 21.9 Å². The van der Waals surface area contributed by atoms with Gasteiger partial charge in [-0.2, -0.15) is 0 Å². The molecular formula is C26H20O4S2. The first-order chi connectivity index (χ1) is 15.3. The zero-order chi connectivity index (χ0) is 22.5. The van der Waals surface area contributed by atoms with Crippen LogP contribution in [0.2, 0.25) is 0 Å². The molecule has 0 aromatic heterocycles. The summed E-state index contributed by atoms with van der Waals surface area (Å²) >= 11 is 0. The summed E-state index contributed by atoms with van der Waals surface area (Å²) in [5.41, 5.74) is 3.67. The number of fused-ring (bicyclic) bond motifs is 3. The molecule has 0 fully saturated rings. The fourth-order valence-electron chi connectivity index (χ4n) is 4.24. The minimum absolute atomic E-state index is 0.0827. The lowest BCUT2D eigenvalue weighted by atomic mass is 10.1. The lowest BCUT2D eigenvalue weighted by Crippen LogP contribution is -2.13. The Morgan fingerprint density at radius 2 is 1.16 bits per heavy atom. The van der Waals surface area contributed by atoms with Crippen molar-refractivity contribution >= 4 is 19.7 Å². The highest BCUT2D eigenvalue weighted by Crippen LogP contribution is 2.49. The van der Waals surface area contributed by atoms with Crippen LogP contribution in [0.3, 0.4) is 0 Å². The Balaban J connectivity index is 1.73. The van der Waals surface area contributed by atoms with Crippen molar-refractivity contribution in [3.63, 3.8) is 0 Å². The van der Waals surface area contributed by atoms with Gasteiger partial charge in [-0.15, -0.1) is 0 Å². The van der Waals surface area contributed by atoms with E-state index in [1.165, 1.54) is 18.2 Å². The predicted molar refractivity (Wildman–Crippen MR) is 124 cm³/mol. The molecular weight excluding hydrogens is 440 g/mol. The Bertz CT molecular complexity index is 1540. The van der Waals surface area contributed by atoms with E-state index in [2.05, 4.69) is 0 Å². The van der Waals surface area contributed by atoms with E-state index in [-0.39, 0.29) is 14.7 Å². The van der Waals surface area contributed by atoms with Crippen LogP contribution in [-0.4, -0.2) is 16.8 Å². The van der Waals surface area contributed by atoms with Gasteiger partial charge in [-0.3, -0.25) is 0 Å². The quantitative estimate of drug-likeness (QED) is 0.411. The molecule has 0 saturated heterocycles. The number of rotatable bonds is 4. The number of hydrogen-bond acceptors (Lipinski definition) is 4. The summed E-state index contributed by atoms with van der Waals surface area (Å²) in [6.07, 6.45) is 0. The Kier molecular flexibility index (Phi) is 4.80. The van der Waals surface area contributed by atoms with Gasteiger partial charge in [0, 0.05) is 0 Å². The van der Waals surface area contributed by atoms with Crippen LogP contribution < -0.4 is 0 Å². The van der Waals surface area contributed by atoms with Crippen molar-refractivity contribution in [3.8, 4) is 11.1 Å². The van der Waals surface area contributed by atoms with Gasteiger partial charge in [-0.1, -0.05) is 66.2 Å². The van der Waals surface area contributed by atoms with E-state index < -0.39 is 24.9 Å². The number of hydrogen-bond donors (Lipinski definition) is 0. The maximum Gasteiger partial charge on any atom is 0.206 e. The normalized spacial score (nSPS) is 15.2. The summed E-state index contributed by atoms with van der Waals surface area (Å²) in [6.45, 7) is 1.90. The minimum Gasteiger partial charge on any atom is -0.223 e. The van der Waals surface area contributed by atoms with Gasteiger partial charge in [0.25, 0.3) is 0 Å². The first-order valence-electron chi connectivity index (χ1n) is 10.1. The molecule has 0 bridgehead atoms. The van der Waals surface area contributed by atoms with Crippen molar-refractivity contribution in [2.75, 3.05) is 0 Å². The van der Waals surface area contributed by atoms with E-state index in [0.717, 1.165) is 16.7 Å². The Hall–Kier alpha value is -3.22. The van der Waals surface area contributed by atoms with Gasteiger partial charge < -0.3 is 0 Å². The molecule has 1 aliphatic carbocycles. The molecule has 0 radical (unpaired) electrons. The number of aryl methyl sites for hydroxylation is 1. The third kappa shape index (κ3) is 3.18. The zero-order valence-corrected chi connectivity index (χ0v) is 18.9. The summed E-state index contributed by atoms with van der Waals surface area (Å²) in [6, 6.07) is 27.1. The number of sulfone groups is 2. The molecule has 6 heteroatoms. The van der Waals surface area contributed by atoms with E-state index in [4.69, 9.17) is 0 Å². The maximum atomic E-state index is 13.8. The topological polar surface area (TPSA) is 68.3 Å². The van der Waals surface area contributed by atoms with Gasteiger partial charge >= 0.3 is 0 Å². The molecule has 5 rings (SSSR count). The third-order valence-corrected chi connectivity index (χ3v) is 9.69. The van der Waals surface area contributed by atoms with Crippen LogP contribution >= 0.6 is 0 Å². The van der Waals surface area contributed by atoms with Crippen LogP contribution in [0.5, 0.6) is 0 Å². The second-order valence-corrected chi connectivity index (χ2v) is 11.9. The van der Waals surface area contributed by atoms with E-state index in [1.807, 2.05) is 25.1 Å². The van der Waals surface area contributed by atoms with Gasteiger partial charge in [0.2, 0.25) is 9.84 Å². The predicted octanol–water partition coefficient (Wildman–Crippen LogP) is 5.37. The molecule has 160 valence electrons. The van der Waals surface area contributed by atoms with Crippen LogP contribution in [0.15, 0.2) is 112 Å². The smallest absolute Gasteiger partial charge is 0.206 e. The highest BCUT2D eigenvalue weighted by Gasteiger charge is 2.39. The van der Waals surface area contributed by atoms with Crippen molar-refractivity contribution in [1.29, 1.82) is 0 Å². The van der Waals surface area contributed by atoms with Gasteiger partial charge in [0.1, 0.15) is 5.25 Å². The van der Waals surface area contributed by atoms with Crippen molar-refractivity contribution in [1.82, 2.24) is 0 Å². The molecule has 0 N–H and O–H groups in total. The average molecular weight is 461 g/mol. The summed E-state index contributed by atoms with van der Waals surface area (Å²) in [7, 11) is -7.59. The van der Waals surface area contributed by atoms with E-state index in [1.54, 1.807) is 60.7 Å². The van der Waals surface area contributed by atoms with Crippen molar-refractivity contribution in [3.05, 3.63) is 114 Å². The zero-order valence-electron chi connectivity index (χ0n) is 17.3. The molecule has 32 heavy (non-hydrogen) atoms. The first kappa shape index (κ1) is 20.7. The van der Waals surface area contributed by atoms with Gasteiger partial charge in [-0.05, 0) is 65.6 Å². The van der Waals surface area contributed by atoms with Crippen LogP contribution in [0.4, 0.5) is 0 Å². The first-order valence-corrected chi connectivity index (χ1v) is 13.2. The third-order valence-electron chi connectivity index (χ3n) is 5.86. The van der Waals surface area contributed by atoms with E-state index in [0.29, 0.717) is 11.1 Å². The summed E-state index contributed by atoms with van der Waals surface area (Å²) in [4.78, 5) is 0.472. The molecule has 4 aromatic rings. The molecule has 0 spiro atoms. The second-order valence-electron chi connectivity index (χ2n) is 7.89. The number of benzene rings is 4. The summed E-state index contributed by atoms with van der Waals surface area (Å²) < 4.78 is 53.9. The minimum atomic E-state index is -3.80. The standard InChI is InChI=1S/C26H20O4S2/c1-18-11-13-20(14-12-18)32(29,30)26-24-10-6-5-9-22(24)23-16-15-21(17-25(23)26)31(27,28)19-7-3-2-4-8-19/h2-17,26H,1H3. The molecule has 0 saturated carbocycles. The van der Waals surface area contributed by atoms with Crippen molar-refractivity contribution < 1.29 is 16.8 Å².